The van der Waals surface area contributed by atoms with Crippen molar-refractivity contribution in [3.63, 3.8) is 0 Å². The second-order valence-electron chi connectivity index (χ2n) is 8.36. The van der Waals surface area contributed by atoms with Gasteiger partial charge in [-0.2, -0.15) is 0 Å². The molecule has 32 heavy (non-hydrogen) atoms. The average Bonchev–Trinajstić information content (AvgIpc) is 2.84. The fourth-order valence-corrected chi connectivity index (χ4v) is 4.48. The van der Waals surface area contributed by atoms with Gasteiger partial charge in [-0.25, -0.2) is 15.0 Å². The molecule has 3 heterocycles. The van der Waals surface area contributed by atoms with Gasteiger partial charge in [0.05, 0.1) is 31.0 Å². The van der Waals surface area contributed by atoms with Crippen LogP contribution in [0.5, 0.6) is 5.75 Å². The highest BCUT2D eigenvalue weighted by Gasteiger charge is 2.24. The third-order valence-corrected chi connectivity index (χ3v) is 6.24. The number of anilines is 1. The van der Waals surface area contributed by atoms with Crippen molar-refractivity contribution < 1.29 is 9.47 Å². The maximum Gasteiger partial charge on any atom is 0.269 e. The van der Waals surface area contributed by atoms with Gasteiger partial charge in [0, 0.05) is 25.5 Å². The van der Waals surface area contributed by atoms with Crippen molar-refractivity contribution in [3.8, 4) is 5.75 Å². The standard InChI is InChI=1S/C24H27N5O3/c1-29-22(30)15-27-20-13-17(16-7-11-31-12-8-16)14-21(23(20)29)32-19-5-3-18(4-6-19)28-24-25-9-2-10-26-24/h2,7,9-10,13-15,18-19H,3-6,8,11-12H2,1H3,(H,25,26,28)/t18-,19+. The normalized spacial score (nSPS) is 21.2. The minimum absolute atomic E-state index is 0.0853. The summed E-state index contributed by atoms with van der Waals surface area (Å²) in [5.41, 5.74) is 3.68. The maximum absolute atomic E-state index is 12.3. The largest absolute Gasteiger partial charge is 0.488 e. The Morgan fingerprint density at radius 2 is 1.94 bits per heavy atom. The molecule has 1 aliphatic heterocycles. The molecule has 1 fully saturated rings. The van der Waals surface area contributed by atoms with E-state index in [1.165, 1.54) is 11.8 Å². The first-order valence-corrected chi connectivity index (χ1v) is 11.1. The number of nitrogens with one attached hydrogen (secondary N) is 1. The highest BCUT2D eigenvalue weighted by Crippen LogP contribution is 2.33. The summed E-state index contributed by atoms with van der Waals surface area (Å²) in [6.45, 7) is 1.33. The van der Waals surface area contributed by atoms with Gasteiger partial charge in [-0.3, -0.25) is 4.79 Å². The molecular formula is C24H27N5O3. The Kier molecular flexibility index (Phi) is 5.85. The fraction of sp³-hybridized carbons (Fsp3) is 0.417. The summed E-state index contributed by atoms with van der Waals surface area (Å²) in [6.07, 6.45) is 11.7. The number of benzene rings is 1. The molecule has 0 amide bonds. The minimum atomic E-state index is -0.142. The highest BCUT2D eigenvalue weighted by molar-refractivity contribution is 5.86. The molecule has 166 valence electrons. The van der Waals surface area contributed by atoms with Gasteiger partial charge in [0.25, 0.3) is 5.56 Å². The number of hydrogen-bond donors (Lipinski definition) is 1. The summed E-state index contributed by atoms with van der Waals surface area (Å²) in [4.78, 5) is 25.2. The summed E-state index contributed by atoms with van der Waals surface area (Å²) in [7, 11) is 1.77. The number of rotatable bonds is 5. The second-order valence-corrected chi connectivity index (χ2v) is 8.36. The molecule has 2 aliphatic rings. The number of aromatic nitrogens is 4. The van der Waals surface area contributed by atoms with Crippen molar-refractivity contribution in [2.24, 2.45) is 7.05 Å². The summed E-state index contributed by atoms with van der Waals surface area (Å²) >= 11 is 0. The van der Waals surface area contributed by atoms with E-state index in [0.29, 0.717) is 25.2 Å². The molecular weight excluding hydrogens is 406 g/mol. The minimum Gasteiger partial charge on any atom is -0.488 e. The predicted molar refractivity (Wildman–Crippen MR) is 123 cm³/mol. The molecule has 2 aromatic heterocycles. The van der Waals surface area contributed by atoms with E-state index in [1.807, 2.05) is 12.1 Å². The van der Waals surface area contributed by atoms with Crippen LogP contribution in [0, 0.1) is 0 Å². The Morgan fingerprint density at radius 3 is 2.69 bits per heavy atom. The molecule has 3 aromatic rings. The lowest BCUT2D eigenvalue weighted by Gasteiger charge is -2.30. The predicted octanol–water partition coefficient (Wildman–Crippen LogP) is 3.33. The van der Waals surface area contributed by atoms with Crippen molar-refractivity contribution in [3.05, 3.63) is 58.8 Å². The number of nitrogens with zero attached hydrogens (tertiary/aromatic N) is 4. The molecule has 0 bridgehead atoms. The Bertz CT molecular complexity index is 1180. The second kappa shape index (κ2) is 9.08. The quantitative estimate of drug-likeness (QED) is 0.660. The third-order valence-electron chi connectivity index (χ3n) is 6.24. The van der Waals surface area contributed by atoms with Crippen LogP contribution >= 0.6 is 0 Å². The van der Waals surface area contributed by atoms with Gasteiger partial charge in [-0.1, -0.05) is 6.08 Å². The lowest BCUT2D eigenvalue weighted by molar-refractivity contribution is 0.151. The lowest BCUT2D eigenvalue weighted by Crippen LogP contribution is -2.32. The van der Waals surface area contributed by atoms with E-state index < -0.39 is 0 Å². The lowest BCUT2D eigenvalue weighted by atomic mass is 9.93. The Hall–Kier alpha value is -3.26. The Labute approximate surface area is 186 Å². The zero-order valence-electron chi connectivity index (χ0n) is 18.2. The Morgan fingerprint density at radius 1 is 1.12 bits per heavy atom. The molecule has 8 heteroatoms. The number of fused-ring (bicyclic) bond motifs is 1. The Balaban J connectivity index is 1.38. The number of hydrogen-bond acceptors (Lipinski definition) is 7. The van der Waals surface area contributed by atoms with E-state index in [9.17, 15) is 4.79 Å². The molecule has 5 rings (SSSR count). The van der Waals surface area contributed by atoms with E-state index >= 15 is 0 Å². The zero-order valence-corrected chi connectivity index (χ0v) is 18.2. The molecule has 0 atom stereocenters. The van der Waals surface area contributed by atoms with Crippen molar-refractivity contribution in [2.75, 3.05) is 18.5 Å². The number of aryl methyl sites for hydroxylation is 1. The van der Waals surface area contributed by atoms with Crippen LogP contribution in [-0.4, -0.2) is 44.9 Å². The third kappa shape index (κ3) is 4.36. The summed E-state index contributed by atoms with van der Waals surface area (Å²) in [5, 5.41) is 3.41. The van der Waals surface area contributed by atoms with Gasteiger partial charge in [-0.05, 0) is 61.4 Å². The molecule has 1 saturated carbocycles. The highest BCUT2D eigenvalue weighted by atomic mass is 16.5. The van der Waals surface area contributed by atoms with E-state index in [0.717, 1.165) is 54.5 Å². The molecule has 8 nitrogen and oxygen atoms in total. The maximum atomic E-state index is 12.3. The van der Waals surface area contributed by atoms with Crippen molar-refractivity contribution >= 4 is 22.6 Å². The first-order chi connectivity index (χ1) is 15.7. The van der Waals surface area contributed by atoms with Crippen LogP contribution in [0.15, 0.2) is 47.7 Å². The topological polar surface area (TPSA) is 91.2 Å². The van der Waals surface area contributed by atoms with Gasteiger partial charge in [0.2, 0.25) is 5.95 Å². The molecule has 0 radical (unpaired) electrons. The molecule has 0 unspecified atom stereocenters. The van der Waals surface area contributed by atoms with Crippen molar-refractivity contribution in [2.45, 2.75) is 44.2 Å². The molecule has 0 spiro atoms. The van der Waals surface area contributed by atoms with Gasteiger partial charge in [0.1, 0.15) is 11.3 Å². The van der Waals surface area contributed by atoms with E-state index in [4.69, 9.17) is 9.47 Å². The van der Waals surface area contributed by atoms with Crippen LogP contribution in [0.25, 0.3) is 16.6 Å². The first kappa shape index (κ1) is 20.6. The summed E-state index contributed by atoms with van der Waals surface area (Å²) in [6, 6.07) is 6.24. The monoisotopic (exact) mass is 433 g/mol. The SMILES string of the molecule is Cn1c(=O)cnc2cc(C3=CCOCC3)cc(O[C@H]3CC[C@@H](Nc4ncccn4)CC3)c21. The van der Waals surface area contributed by atoms with Crippen LogP contribution in [0.4, 0.5) is 5.95 Å². The zero-order chi connectivity index (χ0) is 21.9. The van der Waals surface area contributed by atoms with Crippen LogP contribution in [0.2, 0.25) is 0 Å². The number of ether oxygens (including phenoxy) is 2. The van der Waals surface area contributed by atoms with Crippen LogP contribution in [-0.2, 0) is 11.8 Å². The molecule has 1 aromatic carbocycles. The smallest absolute Gasteiger partial charge is 0.269 e. The molecule has 1 aliphatic carbocycles. The van der Waals surface area contributed by atoms with E-state index in [1.54, 1.807) is 24.0 Å². The van der Waals surface area contributed by atoms with Gasteiger partial charge in [0.15, 0.2) is 0 Å². The van der Waals surface area contributed by atoms with Crippen LogP contribution in [0.3, 0.4) is 0 Å². The van der Waals surface area contributed by atoms with Gasteiger partial charge >= 0.3 is 0 Å². The van der Waals surface area contributed by atoms with Crippen LogP contribution < -0.4 is 15.6 Å². The fourth-order valence-electron chi connectivity index (χ4n) is 4.48. The van der Waals surface area contributed by atoms with Gasteiger partial charge < -0.3 is 19.4 Å². The van der Waals surface area contributed by atoms with Crippen LogP contribution in [0.1, 0.15) is 37.7 Å². The van der Waals surface area contributed by atoms with E-state index in [2.05, 4.69) is 32.4 Å². The average molecular weight is 434 g/mol. The summed E-state index contributed by atoms with van der Waals surface area (Å²) in [5.74, 6) is 1.39. The summed E-state index contributed by atoms with van der Waals surface area (Å²) < 4.78 is 13.6. The van der Waals surface area contributed by atoms with E-state index in [-0.39, 0.29) is 11.7 Å². The van der Waals surface area contributed by atoms with Crippen molar-refractivity contribution in [1.82, 2.24) is 19.5 Å². The van der Waals surface area contributed by atoms with Gasteiger partial charge in [-0.15, -0.1) is 0 Å². The molecule has 0 saturated heterocycles. The first-order valence-electron chi connectivity index (χ1n) is 11.1. The van der Waals surface area contributed by atoms with Crippen molar-refractivity contribution in [1.29, 1.82) is 0 Å². The molecule has 1 N–H and O–H groups in total.